The number of aryl methyl sites for hydroxylation is 2. The van der Waals surface area contributed by atoms with Crippen LogP contribution in [0.5, 0.6) is 0 Å². The lowest BCUT2D eigenvalue weighted by Gasteiger charge is -2.20. The molecule has 0 aliphatic carbocycles. The van der Waals surface area contributed by atoms with Crippen molar-refractivity contribution in [3.05, 3.63) is 75.5 Å². The third-order valence-corrected chi connectivity index (χ3v) is 5.89. The van der Waals surface area contributed by atoms with Gasteiger partial charge in [-0.1, -0.05) is 90.0 Å². The molecule has 168 valence electrons. The smallest absolute Gasteiger partial charge is 0.267 e. The minimum absolute atomic E-state index is 0.182. The van der Waals surface area contributed by atoms with Crippen LogP contribution in [-0.4, -0.2) is 14.6 Å². The minimum Gasteiger partial charge on any atom is -0.267 e. The van der Waals surface area contributed by atoms with Crippen LogP contribution in [0.4, 0.5) is 0 Å². The minimum atomic E-state index is -0.182. The number of fused-ring (bicyclic) bond motifs is 1. The molecule has 1 unspecified atom stereocenters. The maximum atomic E-state index is 11.8. The largest absolute Gasteiger partial charge is 0.276 e. The normalized spacial score (nSPS) is 11.8. The molecule has 0 amide bonds. The van der Waals surface area contributed by atoms with Crippen molar-refractivity contribution in [2.45, 2.75) is 91.9 Å². The van der Waals surface area contributed by atoms with E-state index in [-0.39, 0.29) is 11.5 Å². The van der Waals surface area contributed by atoms with Crippen LogP contribution in [-0.2, 0) is 0 Å². The third kappa shape index (κ3) is 6.75. The summed E-state index contributed by atoms with van der Waals surface area (Å²) in [5.74, 6) is 0.260. The lowest BCUT2D eigenvalue weighted by atomic mass is 9.87. The highest BCUT2D eigenvalue weighted by Gasteiger charge is 2.18. The van der Waals surface area contributed by atoms with Crippen LogP contribution >= 0.6 is 0 Å². The molecule has 0 saturated carbocycles. The number of unbranched alkanes of at least 4 members (excludes halogenated alkanes) is 6. The van der Waals surface area contributed by atoms with E-state index in [1.54, 1.807) is 4.52 Å². The average molecular weight is 422 g/mol. The Morgan fingerprint density at radius 3 is 2.29 bits per heavy atom. The molecule has 0 radical (unpaired) electrons. The monoisotopic (exact) mass is 421 g/mol. The summed E-state index contributed by atoms with van der Waals surface area (Å²) in [6.45, 7) is 10.2. The Kier molecular flexibility index (Phi) is 10.4. The summed E-state index contributed by atoms with van der Waals surface area (Å²) in [5, 5.41) is 4.85. The molecule has 4 nitrogen and oxygen atoms in total. The van der Waals surface area contributed by atoms with Gasteiger partial charge in [-0.2, -0.15) is 10.1 Å². The molecule has 0 bridgehead atoms. The molecule has 0 fully saturated rings. The van der Waals surface area contributed by atoms with E-state index in [1.165, 1.54) is 62.4 Å². The molecular weight excluding hydrogens is 382 g/mol. The van der Waals surface area contributed by atoms with Gasteiger partial charge in [0.2, 0.25) is 0 Å². The van der Waals surface area contributed by atoms with Crippen molar-refractivity contribution in [2.75, 3.05) is 0 Å². The van der Waals surface area contributed by atoms with Gasteiger partial charge in [-0.25, -0.2) is 4.52 Å². The summed E-state index contributed by atoms with van der Waals surface area (Å²) in [4.78, 5) is 15.8. The fourth-order valence-electron chi connectivity index (χ4n) is 4.08. The lowest BCUT2D eigenvalue weighted by Crippen LogP contribution is -2.15. The third-order valence-electron chi connectivity index (χ3n) is 5.89. The predicted octanol–water partition coefficient (Wildman–Crippen LogP) is 7.01. The molecule has 0 aliphatic heterocycles. The van der Waals surface area contributed by atoms with E-state index in [9.17, 15) is 4.79 Å². The van der Waals surface area contributed by atoms with Gasteiger partial charge < -0.3 is 0 Å². The predicted molar refractivity (Wildman–Crippen MR) is 131 cm³/mol. The summed E-state index contributed by atoms with van der Waals surface area (Å²) in [6, 6.07) is 12.7. The first-order chi connectivity index (χ1) is 15.1. The number of nitrogens with zero attached hydrogens (tertiary/aromatic N) is 3. The van der Waals surface area contributed by atoms with E-state index >= 15 is 0 Å². The Bertz CT molecular complexity index is 993. The highest BCUT2D eigenvalue weighted by atomic mass is 16.1. The molecule has 4 heteroatoms. The Labute approximate surface area is 187 Å². The Hall–Kier alpha value is -2.49. The van der Waals surface area contributed by atoms with Gasteiger partial charge >= 0.3 is 0 Å². The molecule has 1 atom stereocenters. The molecule has 0 spiro atoms. The molecule has 1 aromatic carbocycles. The summed E-state index contributed by atoms with van der Waals surface area (Å²) >= 11 is 0. The van der Waals surface area contributed by atoms with Crippen molar-refractivity contribution in [3.63, 3.8) is 0 Å². The zero-order chi connectivity index (χ0) is 22.6. The average Bonchev–Trinajstić information content (AvgIpc) is 2.80. The van der Waals surface area contributed by atoms with Gasteiger partial charge in [0.15, 0.2) is 0 Å². The fourth-order valence-corrected chi connectivity index (χ4v) is 4.08. The van der Waals surface area contributed by atoms with E-state index in [2.05, 4.69) is 49.2 Å². The van der Waals surface area contributed by atoms with Crippen LogP contribution in [0.2, 0.25) is 0 Å². The van der Waals surface area contributed by atoms with E-state index in [0.717, 1.165) is 17.6 Å². The van der Waals surface area contributed by atoms with Crippen molar-refractivity contribution < 1.29 is 0 Å². The van der Waals surface area contributed by atoms with Crippen molar-refractivity contribution in [3.8, 4) is 0 Å². The second-order valence-electron chi connectivity index (χ2n) is 8.08. The van der Waals surface area contributed by atoms with Gasteiger partial charge in [0.05, 0.1) is 11.2 Å². The van der Waals surface area contributed by atoms with Crippen LogP contribution in [0.1, 0.15) is 100 Å². The molecule has 0 saturated heterocycles. The second-order valence-corrected chi connectivity index (χ2v) is 8.08. The highest BCUT2D eigenvalue weighted by Crippen LogP contribution is 2.31. The molecule has 0 aliphatic rings. The summed E-state index contributed by atoms with van der Waals surface area (Å²) < 4.78 is 1.75. The van der Waals surface area contributed by atoms with Gasteiger partial charge in [-0.05, 0) is 43.5 Å². The van der Waals surface area contributed by atoms with Crippen molar-refractivity contribution in [2.24, 2.45) is 0 Å². The van der Waals surface area contributed by atoms with E-state index in [0.29, 0.717) is 5.56 Å². The maximum Gasteiger partial charge on any atom is 0.276 e. The summed E-state index contributed by atoms with van der Waals surface area (Å²) in [6.07, 6.45) is 11.8. The standard InChI is InChI=1S/C25H33N3O.C2H6/c1-4-5-6-7-8-9-10-15-22(21-14-12-11-13-19(21)2)23-16-17-24-20(3)25(29)26-18-28(24)27-23;1-2/h11-14,16-18,22H,4-10,15H2,1-3H3;1-2H3. The number of hydrogen-bond acceptors (Lipinski definition) is 3. The first-order valence-corrected chi connectivity index (χ1v) is 12.0. The van der Waals surface area contributed by atoms with Crippen LogP contribution in [0.15, 0.2) is 47.5 Å². The van der Waals surface area contributed by atoms with Crippen molar-refractivity contribution in [1.82, 2.24) is 14.6 Å². The Morgan fingerprint density at radius 1 is 0.903 bits per heavy atom. The SMILES string of the molecule is CC.CCCCCCCCCC(c1ccc2c(C)c(=O)ncn2n1)c1ccccc1C. The Morgan fingerprint density at radius 2 is 1.58 bits per heavy atom. The number of hydrogen-bond donors (Lipinski definition) is 0. The first kappa shape index (κ1) is 24.8. The van der Waals surface area contributed by atoms with Crippen LogP contribution in [0.3, 0.4) is 0 Å². The first-order valence-electron chi connectivity index (χ1n) is 12.0. The topological polar surface area (TPSA) is 47.3 Å². The molecule has 3 rings (SSSR count). The van der Waals surface area contributed by atoms with Crippen LogP contribution in [0.25, 0.3) is 5.52 Å². The number of rotatable bonds is 10. The van der Waals surface area contributed by atoms with E-state index in [4.69, 9.17) is 5.10 Å². The lowest BCUT2D eigenvalue weighted by molar-refractivity contribution is 0.551. The van der Waals surface area contributed by atoms with Crippen LogP contribution in [0, 0.1) is 13.8 Å². The molecular formula is C27H39N3O. The number of aromatic nitrogens is 3. The summed E-state index contributed by atoms with van der Waals surface area (Å²) in [5.41, 5.74) is 4.98. The van der Waals surface area contributed by atoms with Gasteiger partial charge in [0.25, 0.3) is 5.56 Å². The molecule has 2 aromatic heterocycles. The van der Waals surface area contributed by atoms with E-state index < -0.39 is 0 Å². The number of benzene rings is 1. The van der Waals surface area contributed by atoms with Crippen molar-refractivity contribution in [1.29, 1.82) is 0 Å². The maximum absolute atomic E-state index is 11.8. The van der Waals surface area contributed by atoms with Gasteiger partial charge in [-0.15, -0.1) is 0 Å². The van der Waals surface area contributed by atoms with Gasteiger partial charge in [0, 0.05) is 11.5 Å². The van der Waals surface area contributed by atoms with Gasteiger partial charge in [-0.3, -0.25) is 4.79 Å². The van der Waals surface area contributed by atoms with E-state index in [1.807, 2.05) is 26.8 Å². The molecule has 3 aromatic rings. The van der Waals surface area contributed by atoms with Crippen LogP contribution < -0.4 is 5.56 Å². The highest BCUT2D eigenvalue weighted by molar-refractivity contribution is 5.52. The molecule has 0 N–H and O–H groups in total. The second kappa shape index (κ2) is 13.0. The van der Waals surface area contributed by atoms with Crippen molar-refractivity contribution >= 4 is 5.52 Å². The Balaban J connectivity index is 0.00000166. The fraction of sp³-hybridized carbons (Fsp3) is 0.519. The quantitative estimate of drug-likeness (QED) is 0.331. The summed E-state index contributed by atoms with van der Waals surface area (Å²) in [7, 11) is 0. The zero-order valence-electron chi connectivity index (χ0n) is 20.0. The van der Waals surface area contributed by atoms with Gasteiger partial charge in [0.1, 0.15) is 6.33 Å². The molecule has 2 heterocycles. The zero-order valence-corrected chi connectivity index (χ0v) is 20.0. The molecule has 31 heavy (non-hydrogen) atoms.